The van der Waals surface area contributed by atoms with Crippen LogP contribution in [-0.2, 0) is 4.79 Å². The second-order valence-corrected chi connectivity index (χ2v) is 7.77. The number of nitrogens with zero attached hydrogens (tertiary/aromatic N) is 3. The van der Waals surface area contributed by atoms with Gasteiger partial charge < -0.3 is 20.1 Å². The Morgan fingerprint density at radius 2 is 2.10 bits per heavy atom. The molecule has 7 heteroatoms. The average molecular weight is 411 g/mol. The molecule has 0 spiro atoms. The predicted molar refractivity (Wildman–Crippen MR) is 119 cm³/mol. The van der Waals surface area contributed by atoms with Crippen LogP contribution in [-0.4, -0.2) is 52.8 Å². The topological polar surface area (TPSA) is 87.6 Å². The van der Waals surface area contributed by atoms with Crippen LogP contribution in [0.2, 0.25) is 0 Å². The highest BCUT2D eigenvalue weighted by molar-refractivity contribution is 5.87. The number of nitrogens with one attached hydrogen (secondary N) is 1. The second kappa shape index (κ2) is 9.26. The highest BCUT2D eigenvalue weighted by Crippen LogP contribution is 2.28. The van der Waals surface area contributed by atoms with Crippen molar-refractivity contribution in [2.75, 3.05) is 25.1 Å². The standard InChI is InChI=1S/C23H30N4O3/c1-5-11-23(29,12-6-2)15-24-21(28)20-8-7-13-27(20)22-25-16(3)18-14-17(30-4)9-10-19(18)26-22/h5-6,9-10,14,20,29H,1-2,7-8,11-13,15H2,3-4H3,(H,24,28). The molecule has 2 N–H and O–H groups in total. The molecule has 3 rings (SSSR count). The number of hydrogen-bond donors (Lipinski definition) is 2. The lowest BCUT2D eigenvalue weighted by Crippen LogP contribution is -2.49. The number of aromatic nitrogens is 2. The molecule has 160 valence electrons. The minimum Gasteiger partial charge on any atom is -0.497 e. The lowest BCUT2D eigenvalue weighted by molar-refractivity contribution is -0.123. The maximum absolute atomic E-state index is 12.9. The van der Waals surface area contributed by atoms with Crippen LogP contribution in [0.5, 0.6) is 5.75 Å². The number of anilines is 1. The van der Waals surface area contributed by atoms with E-state index in [9.17, 15) is 9.90 Å². The molecule has 1 saturated heterocycles. The number of carbonyl (C=O) groups is 1. The van der Waals surface area contributed by atoms with Crippen molar-refractivity contribution >= 4 is 22.8 Å². The van der Waals surface area contributed by atoms with Crippen LogP contribution in [0.3, 0.4) is 0 Å². The van der Waals surface area contributed by atoms with Gasteiger partial charge in [-0.2, -0.15) is 0 Å². The fraction of sp³-hybridized carbons (Fsp3) is 0.435. The molecule has 2 heterocycles. The number of aliphatic hydroxyl groups is 1. The van der Waals surface area contributed by atoms with Crippen LogP contribution in [0.15, 0.2) is 43.5 Å². The summed E-state index contributed by atoms with van der Waals surface area (Å²) in [5.74, 6) is 1.18. The third kappa shape index (κ3) is 4.62. The van der Waals surface area contributed by atoms with Gasteiger partial charge in [-0.3, -0.25) is 4.79 Å². The number of ether oxygens (including phenoxy) is 1. The predicted octanol–water partition coefficient (Wildman–Crippen LogP) is 2.92. The molecule has 1 atom stereocenters. The van der Waals surface area contributed by atoms with E-state index < -0.39 is 5.60 Å². The average Bonchev–Trinajstić information content (AvgIpc) is 3.22. The monoisotopic (exact) mass is 410 g/mol. The van der Waals surface area contributed by atoms with Gasteiger partial charge in [-0.15, -0.1) is 13.2 Å². The molecule has 1 aromatic heterocycles. The van der Waals surface area contributed by atoms with Gasteiger partial charge in [0.25, 0.3) is 0 Å². The molecular weight excluding hydrogens is 380 g/mol. The summed E-state index contributed by atoms with van der Waals surface area (Å²) in [6, 6.07) is 5.33. The van der Waals surface area contributed by atoms with Gasteiger partial charge in [0.2, 0.25) is 11.9 Å². The third-order valence-corrected chi connectivity index (χ3v) is 5.53. The quantitative estimate of drug-likeness (QED) is 0.618. The van der Waals surface area contributed by atoms with E-state index in [1.165, 1.54) is 0 Å². The summed E-state index contributed by atoms with van der Waals surface area (Å²) in [5, 5.41) is 14.5. The summed E-state index contributed by atoms with van der Waals surface area (Å²) in [5.41, 5.74) is 0.583. The van der Waals surface area contributed by atoms with Gasteiger partial charge in [-0.25, -0.2) is 9.97 Å². The molecule has 1 aromatic carbocycles. The van der Waals surface area contributed by atoms with Crippen LogP contribution in [0.4, 0.5) is 5.95 Å². The largest absolute Gasteiger partial charge is 0.497 e. The first-order valence-electron chi connectivity index (χ1n) is 10.2. The van der Waals surface area contributed by atoms with E-state index >= 15 is 0 Å². The van der Waals surface area contributed by atoms with Crippen LogP contribution < -0.4 is 15.0 Å². The zero-order valence-corrected chi connectivity index (χ0v) is 17.7. The normalized spacial score (nSPS) is 16.5. The minimum absolute atomic E-state index is 0.130. The van der Waals surface area contributed by atoms with E-state index in [1.807, 2.05) is 30.0 Å². The van der Waals surface area contributed by atoms with Crippen LogP contribution in [0.1, 0.15) is 31.4 Å². The molecular formula is C23H30N4O3. The Kier molecular flexibility index (Phi) is 6.72. The number of hydrogen-bond acceptors (Lipinski definition) is 6. The molecule has 2 aromatic rings. The van der Waals surface area contributed by atoms with E-state index in [0.717, 1.165) is 35.2 Å². The van der Waals surface area contributed by atoms with Gasteiger partial charge in [0.1, 0.15) is 11.8 Å². The van der Waals surface area contributed by atoms with Crippen molar-refractivity contribution in [3.63, 3.8) is 0 Å². The molecule has 0 radical (unpaired) electrons. The Balaban J connectivity index is 1.79. The number of methoxy groups -OCH3 is 1. The van der Waals surface area contributed by atoms with Gasteiger partial charge in [-0.1, -0.05) is 12.2 Å². The summed E-state index contributed by atoms with van der Waals surface area (Å²) >= 11 is 0. The molecule has 1 amide bonds. The number of rotatable bonds is 9. The van der Waals surface area contributed by atoms with E-state index in [-0.39, 0.29) is 18.5 Å². The Labute approximate surface area is 177 Å². The van der Waals surface area contributed by atoms with Gasteiger partial charge in [0, 0.05) is 18.5 Å². The lowest BCUT2D eigenvalue weighted by atomic mass is 9.95. The Morgan fingerprint density at radius 1 is 1.37 bits per heavy atom. The highest BCUT2D eigenvalue weighted by Gasteiger charge is 2.34. The van der Waals surface area contributed by atoms with Crippen molar-refractivity contribution in [1.29, 1.82) is 0 Å². The third-order valence-electron chi connectivity index (χ3n) is 5.53. The molecule has 0 bridgehead atoms. The van der Waals surface area contributed by atoms with E-state index in [4.69, 9.17) is 9.72 Å². The molecule has 0 saturated carbocycles. The zero-order valence-electron chi connectivity index (χ0n) is 17.7. The maximum Gasteiger partial charge on any atom is 0.242 e. The minimum atomic E-state index is -1.07. The van der Waals surface area contributed by atoms with E-state index in [1.54, 1.807) is 19.3 Å². The Bertz CT molecular complexity index is 933. The first-order chi connectivity index (χ1) is 14.4. The summed E-state index contributed by atoms with van der Waals surface area (Å²) in [6.45, 7) is 10.2. The fourth-order valence-electron chi connectivity index (χ4n) is 3.91. The summed E-state index contributed by atoms with van der Waals surface area (Å²) < 4.78 is 5.29. The Hall–Kier alpha value is -2.93. The molecule has 1 aliphatic heterocycles. The fourth-order valence-corrected chi connectivity index (χ4v) is 3.91. The smallest absolute Gasteiger partial charge is 0.242 e. The highest BCUT2D eigenvalue weighted by atomic mass is 16.5. The molecule has 30 heavy (non-hydrogen) atoms. The summed E-state index contributed by atoms with van der Waals surface area (Å²) in [4.78, 5) is 24.2. The van der Waals surface area contributed by atoms with Crippen molar-refractivity contribution in [2.24, 2.45) is 0 Å². The molecule has 1 unspecified atom stereocenters. The lowest BCUT2D eigenvalue weighted by Gasteiger charge is -2.29. The number of carbonyl (C=O) groups excluding carboxylic acids is 1. The van der Waals surface area contributed by atoms with Crippen LogP contribution in [0.25, 0.3) is 10.9 Å². The van der Waals surface area contributed by atoms with Gasteiger partial charge >= 0.3 is 0 Å². The first-order valence-corrected chi connectivity index (χ1v) is 10.2. The van der Waals surface area contributed by atoms with E-state index in [0.29, 0.717) is 25.3 Å². The van der Waals surface area contributed by atoms with Gasteiger partial charge in [-0.05, 0) is 50.8 Å². The van der Waals surface area contributed by atoms with Crippen molar-refractivity contribution in [3.05, 3.63) is 49.2 Å². The van der Waals surface area contributed by atoms with Crippen LogP contribution >= 0.6 is 0 Å². The number of aryl methyl sites for hydroxylation is 1. The first kappa shape index (κ1) is 21.8. The van der Waals surface area contributed by atoms with E-state index in [2.05, 4.69) is 23.5 Å². The second-order valence-electron chi connectivity index (χ2n) is 7.77. The Morgan fingerprint density at radius 3 is 2.77 bits per heavy atom. The summed E-state index contributed by atoms with van der Waals surface area (Å²) in [7, 11) is 1.63. The van der Waals surface area contributed by atoms with Gasteiger partial charge in [0.15, 0.2) is 0 Å². The number of amides is 1. The molecule has 0 aliphatic carbocycles. The maximum atomic E-state index is 12.9. The number of benzene rings is 1. The van der Waals surface area contributed by atoms with Crippen molar-refractivity contribution in [2.45, 2.75) is 44.2 Å². The summed E-state index contributed by atoms with van der Waals surface area (Å²) in [6.07, 6.45) is 5.66. The SMILES string of the molecule is C=CCC(O)(CC=C)CNC(=O)C1CCCN1c1nc(C)c2cc(OC)ccc2n1. The zero-order chi connectivity index (χ0) is 21.7. The molecule has 1 fully saturated rings. The van der Waals surface area contributed by atoms with Gasteiger partial charge in [0.05, 0.1) is 23.9 Å². The van der Waals surface area contributed by atoms with Crippen LogP contribution in [0, 0.1) is 6.92 Å². The van der Waals surface area contributed by atoms with Crippen molar-refractivity contribution in [1.82, 2.24) is 15.3 Å². The van der Waals surface area contributed by atoms with Crippen molar-refractivity contribution in [3.8, 4) is 5.75 Å². The molecule has 7 nitrogen and oxygen atoms in total. The number of fused-ring (bicyclic) bond motifs is 1. The van der Waals surface area contributed by atoms with Crippen molar-refractivity contribution < 1.29 is 14.6 Å². The molecule has 1 aliphatic rings.